The number of hydrogen-bond acceptors (Lipinski definition) is 2. The van der Waals surface area contributed by atoms with Crippen LogP contribution in [-0.2, 0) is 4.79 Å². The molecule has 0 amide bonds. The molecule has 2 nitrogen and oxygen atoms in total. The van der Waals surface area contributed by atoms with E-state index in [2.05, 4.69) is 0 Å². The monoisotopic (exact) mass is 277 g/mol. The largest absolute Gasteiger partial charge is 0.481 e. The van der Waals surface area contributed by atoms with Gasteiger partial charge in [0.05, 0.1) is 12.4 Å². The number of rotatable bonds is 14. The van der Waals surface area contributed by atoms with Gasteiger partial charge < -0.3 is 5.11 Å². The van der Waals surface area contributed by atoms with Crippen LogP contribution in [0.15, 0.2) is 0 Å². The van der Waals surface area contributed by atoms with Gasteiger partial charge in [0.1, 0.15) is 0 Å². The maximum Gasteiger partial charge on any atom is 0.313 e. The van der Waals surface area contributed by atoms with Crippen LogP contribution in [0, 0.1) is 0 Å². The first-order valence-corrected chi connectivity index (χ1v) is 8.28. The van der Waals surface area contributed by atoms with E-state index in [0.717, 1.165) is 25.0 Å². The van der Waals surface area contributed by atoms with Gasteiger partial charge in [-0.1, -0.05) is 51.4 Å². The highest BCUT2D eigenvalue weighted by molar-refractivity contribution is 7.99. The lowest BCUT2D eigenvalue weighted by molar-refractivity contribution is -0.133. The van der Waals surface area contributed by atoms with Gasteiger partial charge in [0, 0.05) is 0 Å². The molecule has 108 valence electrons. The van der Waals surface area contributed by atoms with E-state index in [1.807, 2.05) is 0 Å². The van der Waals surface area contributed by atoms with E-state index in [1.54, 1.807) is 0 Å². The number of hydrogen-bond donors (Lipinski definition) is 1. The van der Waals surface area contributed by atoms with Gasteiger partial charge in [0.25, 0.3) is 0 Å². The zero-order valence-corrected chi connectivity index (χ0v) is 12.2. The van der Waals surface area contributed by atoms with Crippen molar-refractivity contribution in [3.05, 3.63) is 0 Å². The third-order valence-electron chi connectivity index (χ3n) is 2.90. The fraction of sp³-hybridized carbons (Fsp3) is 0.929. The van der Waals surface area contributed by atoms with Crippen molar-refractivity contribution in [3.8, 4) is 0 Å². The van der Waals surface area contributed by atoms with E-state index in [9.17, 15) is 9.18 Å². The number of thioether (sulfide) groups is 1. The summed E-state index contributed by atoms with van der Waals surface area (Å²) in [5.41, 5.74) is 0. The Balaban J connectivity index is 2.92. The first kappa shape index (κ1) is 17.8. The van der Waals surface area contributed by atoms with Crippen molar-refractivity contribution in [3.63, 3.8) is 0 Å². The summed E-state index contributed by atoms with van der Waals surface area (Å²) in [5.74, 6) is 0.488. The highest BCUT2D eigenvalue weighted by Crippen LogP contribution is 2.12. The summed E-state index contributed by atoms with van der Waals surface area (Å²) in [6, 6.07) is 0. The third-order valence-corrected chi connectivity index (χ3v) is 3.93. The average Bonchev–Trinajstić information content (AvgIpc) is 2.34. The van der Waals surface area contributed by atoms with Crippen LogP contribution in [0.2, 0.25) is 0 Å². The predicted octanol–water partition coefficient (Wildman–Crippen LogP) is 4.67. The van der Waals surface area contributed by atoms with Crippen molar-refractivity contribution in [2.75, 3.05) is 18.2 Å². The molecule has 0 saturated heterocycles. The first-order chi connectivity index (χ1) is 8.77. The lowest BCUT2D eigenvalue weighted by Crippen LogP contribution is -1.98. The zero-order valence-electron chi connectivity index (χ0n) is 11.3. The molecule has 0 aromatic rings. The van der Waals surface area contributed by atoms with E-state index < -0.39 is 5.97 Å². The van der Waals surface area contributed by atoms with Gasteiger partial charge in [-0.15, -0.1) is 0 Å². The molecular formula is C14H27FO2S. The lowest BCUT2D eigenvalue weighted by atomic mass is 10.1. The van der Waals surface area contributed by atoms with E-state index in [1.165, 1.54) is 56.7 Å². The van der Waals surface area contributed by atoms with Gasteiger partial charge in [0.2, 0.25) is 0 Å². The van der Waals surface area contributed by atoms with Crippen molar-refractivity contribution < 1.29 is 14.3 Å². The van der Waals surface area contributed by atoms with Crippen LogP contribution < -0.4 is 0 Å². The molecule has 0 bridgehead atoms. The molecule has 0 heterocycles. The van der Waals surface area contributed by atoms with Crippen LogP contribution >= 0.6 is 11.8 Å². The summed E-state index contributed by atoms with van der Waals surface area (Å²) in [5, 5.41) is 8.45. The molecule has 0 unspecified atom stereocenters. The van der Waals surface area contributed by atoms with Gasteiger partial charge in [-0.2, -0.15) is 11.8 Å². The minimum absolute atomic E-state index is 0.167. The van der Waals surface area contributed by atoms with Gasteiger partial charge in [-0.25, -0.2) is 0 Å². The number of carbonyl (C=O) groups is 1. The van der Waals surface area contributed by atoms with E-state index in [-0.39, 0.29) is 12.4 Å². The second-order valence-electron chi connectivity index (χ2n) is 4.67. The van der Waals surface area contributed by atoms with Crippen LogP contribution in [0.5, 0.6) is 0 Å². The molecule has 0 aliphatic rings. The quantitative estimate of drug-likeness (QED) is 0.469. The molecule has 18 heavy (non-hydrogen) atoms. The standard InChI is InChI=1S/C14H27FO2S/c15-11-9-7-5-3-1-2-4-6-8-10-12-18-13-14(16)17/h1-13H2,(H,16,17)/i15-1. The Bertz CT molecular complexity index is 189. The van der Waals surface area contributed by atoms with E-state index in [4.69, 9.17) is 5.11 Å². The fourth-order valence-electron chi connectivity index (χ4n) is 1.87. The second kappa shape index (κ2) is 14.8. The van der Waals surface area contributed by atoms with Crippen molar-refractivity contribution in [1.29, 1.82) is 0 Å². The second-order valence-corrected chi connectivity index (χ2v) is 5.78. The number of aliphatic carboxylic acids is 1. The first-order valence-electron chi connectivity index (χ1n) is 7.13. The third kappa shape index (κ3) is 15.8. The van der Waals surface area contributed by atoms with Crippen molar-refractivity contribution >= 4 is 17.7 Å². The topological polar surface area (TPSA) is 37.3 Å². The minimum atomic E-state index is -0.715. The number of alkyl halides is 1. The molecule has 1 N–H and O–H groups in total. The molecule has 0 rings (SSSR count). The maximum atomic E-state index is 11.8. The molecule has 0 aromatic carbocycles. The van der Waals surface area contributed by atoms with Gasteiger partial charge in [0.15, 0.2) is 0 Å². The normalized spacial score (nSPS) is 10.7. The van der Waals surface area contributed by atoms with Crippen molar-refractivity contribution in [2.24, 2.45) is 0 Å². The molecule has 0 atom stereocenters. The van der Waals surface area contributed by atoms with Crippen molar-refractivity contribution in [2.45, 2.75) is 64.2 Å². The van der Waals surface area contributed by atoms with Crippen LogP contribution in [0.25, 0.3) is 0 Å². The summed E-state index contributed by atoms with van der Waals surface area (Å²) < 4.78 is 11.8. The van der Waals surface area contributed by atoms with Crippen LogP contribution in [0.1, 0.15) is 64.2 Å². The summed E-state index contributed by atoms with van der Waals surface area (Å²) in [6.45, 7) is -0.167. The molecule has 0 radical (unpaired) electrons. The van der Waals surface area contributed by atoms with Gasteiger partial charge >= 0.3 is 5.97 Å². The Kier molecular flexibility index (Phi) is 14.6. The highest BCUT2D eigenvalue weighted by atomic mass is 32.2. The Morgan fingerprint density at radius 1 is 0.833 bits per heavy atom. The minimum Gasteiger partial charge on any atom is -0.481 e. The number of carboxylic acids is 1. The van der Waals surface area contributed by atoms with Crippen LogP contribution in [0.3, 0.4) is 0 Å². The molecule has 0 aliphatic heterocycles. The van der Waals surface area contributed by atoms with Crippen molar-refractivity contribution in [1.82, 2.24) is 0 Å². The fourth-order valence-corrected chi connectivity index (χ4v) is 2.60. The SMILES string of the molecule is O=C(O)CSCCCCCCCCCCCC[18F]. The summed E-state index contributed by atoms with van der Waals surface area (Å²) in [4.78, 5) is 10.3. The van der Waals surface area contributed by atoms with Gasteiger partial charge in [-0.3, -0.25) is 9.18 Å². The summed E-state index contributed by atoms with van der Waals surface area (Å²) >= 11 is 1.51. The molecule has 0 aromatic heterocycles. The smallest absolute Gasteiger partial charge is 0.313 e. The number of unbranched alkanes of at least 4 members (excludes halogenated alkanes) is 9. The summed E-state index contributed by atoms with van der Waals surface area (Å²) in [6.07, 6.45) is 11.7. The Morgan fingerprint density at radius 2 is 1.28 bits per heavy atom. The van der Waals surface area contributed by atoms with E-state index in [0.29, 0.717) is 0 Å². The highest BCUT2D eigenvalue weighted by Gasteiger charge is 1.97. The zero-order chi connectivity index (χ0) is 13.5. The molecule has 0 saturated carbocycles. The average molecular weight is 277 g/mol. The molecule has 0 fully saturated rings. The lowest BCUT2D eigenvalue weighted by Gasteiger charge is -2.02. The Hall–Kier alpha value is -0.250. The number of carboxylic acid groups (broad SMARTS) is 1. The van der Waals surface area contributed by atoms with Crippen LogP contribution in [0.4, 0.5) is 4.39 Å². The number of halogens is 1. The summed E-state index contributed by atoms with van der Waals surface area (Å²) in [7, 11) is 0. The molecule has 0 spiro atoms. The van der Waals surface area contributed by atoms with Gasteiger partial charge in [-0.05, 0) is 18.6 Å². The molecular weight excluding hydrogens is 250 g/mol. The Labute approximate surface area is 115 Å². The molecule has 4 heteroatoms. The van der Waals surface area contributed by atoms with Crippen LogP contribution in [-0.4, -0.2) is 29.3 Å². The molecule has 0 aliphatic carbocycles. The Morgan fingerprint density at radius 3 is 1.72 bits per heavy atom. The predicted molar refractivity (Wildman–Crippen MR) is 77.1 cm³/mol. The van der Waals surface area contributed by atoms with E-state index >= 15 is 0 Å². The maximum absolute atomic E-state index is 11.8.